The Kier molecular flexibility index (Phi) is 5.09. The number of nitrogens with zero attached hydrogens (tertiary/aromatic N) is 1. The van der Waals surface area contributed by atoms with Crippen molar-refractivity contribution in [1.82, 2.24) is 0 Å². The van der Waals surface area contributed by atoms with Gasteiger partial charge < -0.3 is 4.90 Å². The van der Waals surface area contributed by atoms with Gasteiger partial charge in [-0.25, -0.2) is 22.0 Å². The molecule has 0 aliphatic heterocycles. The quantitative estimate of drug-likeness (QED) is 0.525. The minimum Gasteiger partial charge on any atom is -0.306 e. The summed E-state index contributed by atoms with van der Waals surface area (Å²) in [5.74, 6) is -4.96. The van der Waals surface area contributed by atoms with E-state index in [1.165, 1.54) is 38.1 Å². The number of alkyl halides is 1. The summed E-state index contributed by atoms with van der Waals surface area (Å²) in [6.45, 7) is 4.48. The number of aryl methyl sites for hydroxylation is 2. The number of anilines is 2. The summed E-state index contributed by atoms with van der Waals surface area (Å²) in [5, 5.41) is 0. The molecule has 0 N–H and O–H groups in total. The summed E-state index contributed by atoms with van der Waals surface area (Å²) in [6.07, 6.45) is -2.28. The molecule has 3 rings (SSSR count). The number of hydrogen-bond donors (Lipinski definition) is 0. The van der Waals surface area contributed by atoms with Crippen molar-refractivity contribution in [2.24, 2.45) is 0 Å². The molecule has 6 heteroatoms. The lowest BCUT2D eigenvalue weighted by Crippen LogP contribution is -2.29. The van der Waals surface area contributed by atoms with Crippen LogP contribution in [0.4, 0.5) is 33.3 Å². The molecule has 0 radical (unpaired) electrons. The van der Waals surface area contributed by atoms with Crippen molar-refractivity contribution in [3.63, 3.8) is 0 Å². The fourth-order valence-corrected chi connectivity index (χ4v) is 3.04. The Bertz CT molecular complexity index is 944. The highest BCUT2D eigenvalue weighted by Gasteiger charge is 2.35. The van der Waals surface area contributed by atoms with Gasteiger partial charge in [0.05, 0.1) is 11.4 Å². The molecule has 0 saturated carbocycles. The summed E-state index contributed by atoms with van der Waals surface area (Å²) in [4.78, 5) is 0.906. The van der Waals surface area contributed by atoms with E-state index in [-0.39, 0.29) is 28.9 Å². The Morgan fingerprint density at radius 2 is 1.44 bits per heavy atom. The van der Waals surface area contributed by atoms with E-state index in [2.05, 4.69) is 0 Å². The Morgan fingerprint density at radius 3 is 2.07 bits per heavy atom. The first kappa shape index (κ1) is 19.1. The van der Waals surface area contributed by atoms with Crippen molar-refractivity contribution in [2.45, 2.75) is 33.4 Å². The SMILES string of the molecule is CC1=C(F)C(F)=C(N(c2ccc(C)cc2)c2ccc(C)c(F)c2F)C(F)C1. The van der Waals surface area contributed by atoms with Crippen molar-refractivity contribution >= 4 is 11.4 Å². The van der Waals surface area contributed by atoms with Gasteiger partial charge in [-0.15, -0.1) is 0 Å². The molecule has 2 aromatic carbocycles. The minimum atomic E-state index is -1.91. The minimum absolute atomic E-state index is 0.0527. The average Bonchev–Trinajstić information content (AvgIpc) is 2.63. The first-order valence-electron chi connectivity index (χ1n) is 8.43. The molecule has 1 aliphatic rings. The van der Waals surface area contributed by atoms with E-state index in [1.54, 1.807) is 12.1 Å². The monoisotopic (exact) mass is 379 g/mol. The fourth-order valence-electron chi connectivity index (χ4n) is 3.04. The zero-order valence-corrected chi connectivity index (χ0v) is 15.1. The number of benzene rings is 2. The number of halogens is 5. The second-order valence-electron chi connectivity index (χ2n) is 6.67. The van der Waals surface area contributed by atoms with Crippen LogP contribution < -0.4 is 4.90 Å². The van der Waals surface area contributed by atoms with Gasteiger partial charge >= 0.3 is 0 Å². The van der Waals surface area contributed by atoms with Gasteiger partial charge in [0, 0.05) is 12.1 Å². The predicted molar refractivity (Wildman–Crippen MR) is 95.9 cm³/mol. The van der Waals surface area contributed by atoms with Crippen LogP contribution in [0.2, 0.25) is 0 Å². The molecule has 0 bridgehead atoms. The normalized spacial score (nSPS) is 17.6. The maximum Gasteiger partial charge on any atom is 0.183 e. The number of rotatable bonds is 3. The largest absolute Gasteiger partial charge is 0.306 e. The van der Waals surface area contributed by atoms with E-state index in [0.717, 1.165) is 10.5 Å². The Morgan fingerprint density at radius 1 is 0.815 bits per heavy atom. The lowest BCUT2D eigenvalue weighted by Gasteiger charge is -2.32. The van der Waals surface area contributed by atoms with Gasteiger partial charge in [-0.05, 0) is 50.1 Å². The average molecular weight is 379 g/mol. The first-order chi connectivity index (χ1) is 12.7. The zero-order chi connectivity index (χ0) is 19.9. The standard InChI is InChI=1S/C21H18F5N/c1-11-4-7-14(8-5-11)27(16-9-6-12(2)17(23)19(16)25)21-15(22)10-13(3)18(24)20(21)26/h4-9,15H,10H2,1-3H3. The molecule has 1 aliphatic carbocycles. The third-order valence-electron chi connectivity index (χ3n) is 4.60. The van der Waals surface area contributed by atoms with Crippen LogP contribution in [0.5, 0.6) is 0 Å². The summed E-state index contributed by atoms with van der Waals surface area (Å²) >= 11 is 0. The fraction of sp³-hybridized carbons (Fsp3) is 0.238. The van der Waals surface area contributed by atoms with Gasteiger partial charge in [0.1, 0.15) is 6.17 Å². The smallest absolute Gasteiger partial charge is 0.183 e. The van der Waals surface area contributed by atoms with Crippen LogP contribution >= 0.6 is 0 Å². The van der Waals surface area contributed by atoms with Crippen LogP contribution in [0.3, 0.4) is 0 Å². The van der Waals surface area contributed by atoms with Crippen molar-refractivity contribution in [2.75, 3.05) is 4.90 Å². The Hall–Kier alpha value is -2.63. The molecule has 0 fully saturated rings. The molecular weight excluding hydrogens is 361 g/mol. The maximum absolute atomic E-state index is 14.8. The summed E-state index contributed by atoms with van der Waals surface area (Å²) in [6, 6.07) is 8.89. The van der Waals surface area contributed by atoms with E-state index >= 15 is 0 Å². The summed E-state index contributed by atoms with van der Waals surface area (Å²) in [7, 11) is 0. The number of allylic oxidation sites excluding steroid dienone is 4. The highest BCUT2D eigenvalue weighted by Crippen LogP contribution is 2.42. The van der Waals surface area contributed by atoms with Gasteiger partial charge in [-0.2, -0.15) is 0 Å². The number of hydrogen-bond acceptors (Lipinski definition) is 1. The third kappa shape index (κ3) is 3.36. The van der Waals surface area contributed by atoms with E-state index in [9.17, 15) is 22.0 Å². The molecule has 1 atom stereocenters. The second-order valence-corrected chi connectivity index (χ2v) is 6.67. The first-order valence-corrected chi connectivity index (χ1v) is 8.43. The van der Waals surface area contributed by atoms with E-state index in [0.29, 0.717) is 0 Å². The lowest BCUT2D eigenvalue weighted by molar-refractivity contribution is 0.346. The molecule has 142 valence electrons. The van der Waals surface area contributed by atoms with Crippen molar-refractivity contribution in [3.8, 4) is 0 Å². The molecule has 0 spiro atoms. The van der Waals surface area contributed by atoms with Crippen molar-refractivity contribution in [1.29, 1.82) is 0 Å². The molecule has 0 aromatic heterocycles. The summed E-state index contributed by atoms with van der Waals surface area (Å²) < 4.78 is 72.5. The topological polar surface area (TPSA) is 3.24 Å². The molecule has 1 unspecified atom stereocenters. The van der Waals surface area contributed by atoms with E-state index in [1.807, 2.05) is 6.92 Å². The third-order valence-corrected chi connectivity index (χ3v) is 4.60. The molecule has 0 heterocycles. The molecule has 0 amide bonds. The van der Waals surface area contributed by atoms with Crippen LogP contribution in [0.25, 0.3) is 0 Å². The Labute approximate surface area is 154 Å². The predicted octanol–water partition coefficient (Wildman–Crippen LogP) is 6.89. The molecule has 1 nitrogen and oxygen atoms in total. The van der Waals surface area contributed by atoms with Crippen LogP contribution in [0.1, 0.15) is 24.5 Å². The highest BCUT2D eigenvalue weighted by atomic mass is 19.2. The van der Waals surface area contributed by atoms with Crippen LogP contribution in [-0.4, -0.2) is 6.17 Å². The van der Waals surface area contributed by atoms with E-state index < -0.39 is 35.2 Å². The van der Waals surface area contributed by atoms with Crippen LogP contribution in [0.15, 0.2) is 59.3 Å². The maximum atomic E-state index is 14.8. The van der Waals surface area contributed by atoms with Crippen LogP contribution in [0, 0.1) is 25.5 Å². The van der Waals surface area contributed by atoms with Gasteiger partial charge in [-0.3, -0.25) is 0 Å². The lowest BCUT2D eigenvalue weighted by atomic mass is 9.98. The summed E-state index contributed by atoms with van der Waals surface area (Å²) in [5.41, 5.74) is -0.0136. The Balaban J connectivity index is 2.30. The van der Waals surface area contributed by atoms with E-state index in [4.69, 9.17) is 0 Å². The van der Waals surface area contributed by atoms with Gasteiger partial charge in [0.15, 0.2) is 23.3 Å². The molecular formula is C21H18F5N. The van der Waals surface area contributed by atoms with Gasteiger partial charge in [-0.1, -0.05) is 23.8 Å². The zero-order valence-electron chi connectivity index (χ0n) is 15.1. The van der Waals surface area contributed by atoms with Crippen molar-refractivity contribution < 1.29 is 22.0 Å². The van der Waals surface area contributed by atoms with Gasteiger partial charge in [0.25, 0.3) is 0 Å². The van der Waals surface area contributed by atoms with Gasteiger partial charge in [0.2, 0.25) is 0 Å². The second kappa shape index (κ2) is 7.18. The van der Waals surface area contributed by atoms with Crippen LogP contribution in [-0.2, 0) is 0 Å². The molecule has 0 saturated heterocycles. The highest BCUT2D eigenvalue weighted by molar-refractivity contribution is 5.71. The molecule has 27 heavy (non-hydrogen) atoms. The molecule has 2 aromatic rings. The van der Waals surface area contributed by atoms with Crippen molar-refractivity contribution in [3.05, 3.63) is 82.1 Å².